The third-order valence-electron chi connectivity index (χ3n) is 8.04. The Morgan fingerprint density at radius 1 is 0.638 bits per heavy atom. The number of likely N-dealkylation sites (N-methyl/N-ethyl adjacent to an activating group) is 1. The van der Waals surface area contributed by atoms with E-state index in [1.807, 2.05) is 21.1 Å². The Labute approximate surface area is 287 Å². The molecule has 0 aliphatic rings. The number of carboxylic acids is 1. The molecule has 47 heavy (non-hydrogen) atoms. The van der Waals surface area contributed by atoms with Gasteiger partial charge in [0.25, 0.3) is 0 Å². The van der Waals surface area contributed by atoms with Gasteiger partial charge in [-0.3, -0.25) is 9.59 Å². The van der Waals surface area contributed by atoms with Crippen molar-refractivity contribution >= 4 is 17.9 Å². The molecule has 8 nitrogen and oxygen atoms in total. The third kappa shape index (κ3) is 29.4. The maximum atomic E-state index is 12.6. The van der Waals surface area contributed by atoms with Crippen molar-refractivity contribution in [1.82, 2.24) is 0 Å². The molecule has 0 radical (unpaired) electrons. The number of carboxylic acid groups (broad SMARTS) is 1. The molecule has 0 aromatic rings. The number of allylic oxidation sites excluding steroid dienone is 6. The van der Waals surface area contributed by atoms with Crippen LogP contribution in [-0.4, -0.2) is 80.6 Å². The molecule has 0 aliphatic heterocycles. The van der Waals surface area contributed by atoms with E-state index in [0.717, 1.165) is 64.2 Å². The van der Waals surface area contributed by atoms with Gasteiger partial charge >= 0.3 is 17.9 Å². The van der Waals surface area contributed by atoms with Crippen molar-refractivity contribution in [3.8, 4) is 0 Å². The number of hydrogen-bond acceptors (Lipinski definition) is 6. The van der Waals surface area contributed by atoms with Crippen molar-refractivity contribution in [2.45, 2.75) is 154 Å². The largest absolute Gasteiger partial charge is 0.477 e. The van der Waals surface area contributed by atoms with Crippen molar-refractivity contribution in [2.75, 3.05) is 41.0 Å². The van der Waals surface area contributed by atoms with Crippen molar-refractivity contribution in [1.29, 1.82) is 0 Å². The minimum absolute atomic E-state index is 0.0493. The zero-order chi connectivity index (χ0) is 35.0. The zero-order valence-corrected chi connectivity index (χ0v) is 30.7. The van der Waals surface area contributed by atoms with Gasteiger partial charge in [0.1, 0.15) is 6.61 Å². The third-order valence-corrected chi connectivity index (χ3v) is 8.04. The fraction of sp³-hybridized carbons (Fsp3) is 0.769. The summed E-state index contributed by atoms with van der Waals surface area (Å²) in [7, 11) is 5.50. The van der Waals surface area contributed by atoms with E-state index in [-0.39, 0.29) is 36.2 Å². The first-order valence-corrected chi connectivity index (χ1v) is 18.5. The van der Waals surface area contributed by atoms with Gasteiger partial charge < -0.3 is 23.8 Å². The molecule has 8 heteroatoms. The second-order valence-electron chi connectivity index (χ2n) is 13.5. The van der Waals surface area contributed by atoms with Gasteiger partial charge in [0.2, 0.25) is 0 Å². The first kappa shape index (κ1) is 44.5. The number of aliphatic carboxylic acids is 1. The summed E-state index contributed by atoms with van der Waals surface area (Å²) in [6.45, 7) is 4.59. The number of carbonyl (C=O) groups is 3. The minimum Gasteiger partial charge on any atom is -0.477 e. The Morgan fingerprint density at radius 3 is 1.74 bits per heavy atom. The van der Waals surface area contributed by atoms with Gasteiger partial charge in [-0.1, -0.05) is 102 Å². The molecule has 0 aliphatic carbocycles. The highest BCUT2D eigenvalue weighted by Crippen LogP contribution is 2.12. The van der Waals surface area contributed by atoms with Crippen LogP contribution in [0.1, 0.15) is 142 Å². The fourth-order valence-corrected chi connectivity index (χ4v) is 5.06. The van der Waals surface area contributed by atoms with Crippen LogP contribution < -0.4 is 0 Å². The maximum absolute atomic E-state index is 12.6. The van der Waals surface area contributed by atoms with Gasteiger partial charge in [-0.05, 0) is 57.8 Å². The van der Waals surface area contributed by atoms with Gasteiger partial charge in [-0.15, -0.1) is 0 Å². The van der Waals surface area contributed by atoms with Gasteiger partial charge in [-0.2, -0.15) is 0 Å². The average Bonchev–Trinajstić information content (AvgIpc) is 3.01. The lowest BCUT2D eigenvalue weighted by molar-refractivity contribution is -0.887. The topological polar surface area (TPSA) is 99.1 Å². The summed E-state index contributed by atoms with van der Waals surface area (Å²) in [6, 6.07) is -0.617. The number of ether oxygens (including phenoxy) is 3. The molecule has 272 valence electrons. The molecular formula is C39H70NO7+. The van der Waals surface area contributed by atoms with E-state index >= 15 is 0 Å². The summed E-state index contributed by atoms with van der Waals surface area (Å²) in [5.74, 6) is -1.52. The van der Waals surface area contributed by atoms with Crippen LogP contribution in [0.2, 0.25) is 0 Å². The molecule has 0 aromatic heterocycles. The van der Waals surface area contributed by atoms with Crippen LogP contribution in [0.4, 0.5) is 0 Å². The van der Waals surface area contributed by atoms with E-state index < -0.39 is 18.1 Å². The molecule has 0 saturated heterocycles. The quantitative estimate of drug-likeness (QED) is 0.0252. The van der Waals surface area contributed by atoms with Crippen molar-refractivity contribution in [2.24, 2.45) is 0 Å². The predicted octanol–water partition coefficient (Wildman–Crippen LogP) is 9.13. The van der Waals surface area contributed by atoms with E-state index in [1.165, 1.54) is 44.9 Å². The fourth-order valence-electron chi connectivity index (χ4n) is 5.06. The molecular weight excluding hydrogens is 594 g/mol. The number of carbonyl (C=O) groups excluding carboxylic acids is 2. The highest BCUT2D eigenvalue weighted by atomic mass is 16.6. The predicted molar refractivity (Wildman–Crippen MR) is 192 cm³/mol. The molecule has 0 spiro atoms. The number of esters is 2. The molecule has 2 atom stereocenters. The highest BCUT2D eigenvalue weighted by Gasteiger charge is 2.31. The van der Waals surface area contributed by atoms with E-state index in [0.29, 0.717) is 19.3 Å². The lowest BCUT2D eigenvalue weighted by atomic mass is 10.1. The normalized spacial score (nSPS) is 13.5. The summed E-state index contributed by atoms with van der Waals surface area (Å²) in [5.41, 5.74) is 0. The Hall–Kier alpha value is -2.45. The van der Waals surface area contributed by atoms with Crippen LogP contribution in [-0.2, 0) is 28.6 Å². The van der Waals surface area contributed by atoms with Crippen molar-refractivity contribution in [3.63, 3.8) is 0 Å². The Morgan fingerprint density at radius 2 is 1.15 bits per heavy atom. The number of nitrogens with zero attached hydrogens (tertiary/aromatic N) is 1. The summed E-state index contributed by atoms with van der Waals surface area (Å²) >= 11 is 0. The number of quaternary nitrogens is 1. The summed E-state index contributed by atoms with van der Waals surface area (Å²) < 4.78 is 17.1. The van der Waals surface area contributed by atoms with Gasteiger partial charge in [-0.25, -0.2) is 4.79 Å². The summed E-state index contributed by atoms with van der Waals surface area (Å²) in [5, 5.41) is 9.56. The van der Waals surface area contributed by atoms with Crippen LogP contribution in [0, 0.1) is 0 Å². The SMILES string of the molecule is CCCC/C=C/C=C/CCCCCC(=O)OCC(COCCC(C(=O)O)[N+](C)(C)C)OC(=O)CCCCCCC/C=C/CCCCC. The van der Waals surface area contributed by atoms with Crippen LogP contribution in [0.3, 0.4) is 0 Å². The van der Waals surface area contributed by atoms with Gasteiger partial charge in [0.05, 0.1) is 34.4 Å². The van der Waals surface area contributed by atoms with E-state index in [1.54, 1.807) is 0 Å². The summed E-state index contributed by atoms with van der Waals surface area (Å²) in [6.07, 6.45) is 31.9. The standard InChI is InChI=1S/C39H69NO7/c1-6-8-10-12-14-16-18-20-22-24-26-28-30-38(42)47-35(33-45-32-31-36(39(43)44)40(3,4)5)34-46-37(41)29-27-25-23-21-19-17-15-13-11-9-7-2/h13-17,19,35-36H,6-12,18,20-34H2,1-5H3/p+1/b15-13+,16-14+,19-17+. The highest BCUT2D eigenvalue weighted by molar-refractivity contribution is 5.72. The van der Waals surface area contributed by atoms with E-state index in [9.17, 15) is 19.5 Å². The van der Waals surface area contributed by atoms with Crippen molar-refractivity contribution < 1.29 is 38.2 Å². The molecule has 0 fully saturated rings. The lowest BCUT2D eigenvalue weighted by Crippen LogP contribution is -2.50. The molecule has 2 unspecified atom stereocenters. The molecule has 0 aromatic carbocycles. The number of hydrogen-bond donors (Lipinski definition) is 1. The smallest absolute Gasteiger partial charge is 0.362 e. The molecule has 0 amide bonds. The Kier molecular flexibility index (Phi) is 29.2. The summed E-state index contributed by atoms with van der Waals surface area (Å²) in [4.78, 5) is 36.7. The van der Waals surface area contributed by atoms with E-state index in [2.05, 4.69) is 50.3 Å². The first-order valence-electron chi connectivity index (χ1n) is 18.5. The van der Waals surface area contributed by atoms with Crippen LogP contribution in [0.5, 0.6) is 0 Å². The number of rotatable bonds is 32. The Balaban J connectivity index is 4.51. The monoisotopic (exact) mass is 665 g/mol. The first-order chi connectivity index (χ1) is 22.6. The molecule has 0 heterocycles. The molecule has 0 rings (SSSR count). The second-order valence-corrected chi connectivity index (χ2v) is 13.5. The molecule has 0 bridgehead atoms. The lowest BCUT2D eigenvalue weighted by Gasteiger charge is -2.31. The van der Waals surface area contributed by atoms with Gasteiger partial charge in [0.15, 0.2) is 12.1 Å². The molecule has 1 N–H and O–H groups in total. The average molecular weight is 665 g/mol. The van der Waals surface area contributed by atoms with Crippen molar-refractivity contribution in [3.05, 3.63) is 36.5 Å². The Bertz CT molecular complexity index is 875. The zero-order valence-electron chi connectivity index (χ0n) is 30.7. The molecule has 0 saturated carbocycles. The number of unbranched alkanes of at least 4 members (excludes halogenated alkanes) is 13. The van der Waals surface area contributed by atoms with E-state index in [4.69, 9.17) is 14.2 Å². The van der Waals surface area contributed by atoms with Crippen LogP contribution in [0.25, 0.3) is 0 Å². The van der Waals surface area contributed by atoms with Gasteiger partial charge in [0, 0.05) is 19.3 Å². The van der Waals surface area contributed by atoms with Crippen LogP contribution >= 0.6 is 0 Å². The second kappa shape index (κ2) is 30.9. The minimum atomic E-state index is -0.882. The maximum Gasteiger partial charge on any atom is 0.362 e. The van der Waals surface area contributed by atoms with Crippen LogP contribution in [0.15, 0.2) is 36.5 Å².